The summed E-state index contributed by atoms with van der Waals surface area (Å²) < 4.78 is 0.979. The Labute approximate surface area is 122 Å². The van der Waals surface area contributed by atoms with Crippen molar-refractivity contribution in [1.29, 1.82) is 5.26 Å². The maximum Gasteiger partial charge on any atom is 0.101 e. The summed E-state index contributed by atoms with van der Waals surface area (Å²) in [5.41, 5.74) is 3.94. The lowest BCUT2D eigenvalue weighted by atomic mass is 10.1. The second-order valence-electron chi connectivity index (χ2n) is 4.36. The van der Waals surface area contributed by atoms with Crippen molar-refractivity contribution in [3.8, 4) is 6.07 Å². The highest BCUT2D eigenvalue weighted by atomic mass is 79.9. The first-order chi connectivity index (χ1) is 9.15. The Kier molecular flexibility index (Phi) is 4.24. The van der Waals surface area contributed by atoms with Crippen LogP contribution in [0.5, 0.6) is 0 Å². The molecule has 3 heteroatoms. The van der Waals surface area contributed by atoms with E-state index in [0.717, 1.165) is 22.4 Å². The molecule has 0 saturated heterocycles. The largest absolute Gasteiger partial charge is 0.341 e. The van der Waals surface area contributed by atoms with Crippen molar-refractivity contribution in [1.82, 2.24) is 0 Å². The molecule has 0 saturated carbocycles. The van der Waals surface area contributed by atoms with E-state index in [9.17, 15) is 5.26 Å². The number of aryl methyl sites for hydroxylation is 1. The molecular weight excluding hydrogens is 300 g/mol. The van der Waals surface area contributed by atoms with Gasteiger partial charge < -0.3 is 4.90 Å². The third-order valence-corrected chi connectivity index (χ3v) is 3.49. The first-order valence-corrected chi connectivity index (χ1v) is 6.99. The second kappa shape index (κ2) is 5.90. The second-order valence-corrected chi connectivity index (χ2v) is 5.27. The van der Waals surface area contributed by atoms with Gasteiger partial charge in [-0.2, -0.15) is 5.26 Å². The lowest BCUT2D eigenvalue weighted by molar-refractivity contribution is 1.02. The van der Waals surface area contributed by atoms with Crippen LogP contribution in [0.1, 0.15) is 18.1 Å². The molecule has 0 heterocycles. The lowest BCUT2D eigenvalue weighted by Gasteiger charge is -2.25. The van der Waals surface area contributed by atoms with E-state index in [1.54, 1.807) is 0 Å². The third-order valence-electron chi connectivity index (χ3n) is 3.00. The van der Waals surface area contributed by atoms with Crippen LogP contribution in [-0.4, -0.2) is 6.54 Å². The van der Waals surface area contributed by atoms with E-state index in [1.807, 2.05) is 24.3 Å². The molecule has 19 heavy (non-hydrogen) atoms. The van der Waals surface area contributed by atoms with Gasteiger partial charge in [0.15, 0.2) is 0 Å². The van der Waals surface area contributed by atoms with Crippen molar-refractivity contribution >= 4 is 27.3 Å². The topological polar surface area (TPSA) is 27.0 Å². The summed E-state index contributed by atoms with van der Waals surface area (Å²) in [6.07, 6.45) is 0. The summed E-state index contributed by atoms with van der Waals surface area (Å²) in [6, 6.07) is 16.3. The molecule has 0 spiro atoms. The minimum atomic E-state index is 0.687. The summed E-state index contributed by atoms with van der Waals surface area (Å²) >= 11 is 3.47. The van der Waals surface area contributed by atoms with Crippen molar-refractivity contribution in [3.05, 3.63) is 58.1 Å². The number of hydrogen-bond donors (Lipinski definition) is 0. The predicted octanol–water partition coefficient (Wildman–Crippen LogP) is 4.79. The van der Waals surface area contributed by atoms with Crippen LogP contribution in [0.3, 0.4) is 0 Å². The normalized spacial score (nSPS) is 10.0. The molecule has 2 rings (SSSR count). The summed E-state index contributed by atoms with van der Waals surface area (Å²) in [4.78, 5) is 2.15. The zero-order valence-electron chi connectivity index (χ0n) is 11.0. The number of rotatable bonds is 3. The van der Waals surface area contributed by atoms with Gasteiger partial charge in [0, 0.05) is 16.7 Å². The van der Waals surface area contributed by atoms with Gasteiger partial charge in [-0.15, -0.1) is 0 Å². The monoisotopic (exact) mass is 314 g/mol. The molecule has 0 bridgehead atoms. The maximum atomic E-state index is 9.26. The van der Waals surface area contributed by atoms with Crippen molar-refractivity contribution in [3.63, 3.8) is 0 Å². The molecule has 0 aliphatic heterocycles. The van der Waals surface area contributed by atoms with E-state index in [4.69, 9.17) is 0 Å². The number of hydrogen-bond acceptors (Lipinski definition) is 2. The molecule has 2 nitrogen and oxygen atoms in total. The SMILES string of the molecule is CCN(c1cccc(C)c1)c1cc(Br)ccc1C#N. The number of anilines is 2. The molecule has 0 N–H and O–H groups in total. The van der Waals surface area contributed by atoms with E-state index < -0.39 is 0 Å². The van der Waals surface area contributed by atoms with Gasteiger partial charge in [0.05, 0.1) is 11.3 Å². The van der Waals surface area contributed by atoms with Crippen LogP contribution >= 0.6 is 15.9 Å². The van der Waals surface area contributed by atoms with E-state index >= 15 is 0 Å². The van der Waals surface area contributed by atoms with Gasteiger partial charge in [-0.1, -0.05) is 28.1 Å². The first-order valence-electron chi connectivity index (χ1n) is 6.19. The van der Waals surface area contributed by atoms with Crippen molar-refractivity contribution in [2.45, 2.75) is 13.8 Å². The molecule has 0 amide bonds. The van der Waals surface area contributed by atoms with Gasteiger partial charge in [0.25, 0.3) is 0 Å². The highest BCUT2D eigenvalue weighted by Crippen LogP contribution is 2.31. The molecule has 2 aromatic carbocycles. The summed E-state index contributed by atoms with van der Waals surface area (Å²) in [5.74, 6) is 0. The Morgan fingerprint density at radius 1 is 1.21 bits per heavy atom. The molecule has 0 fully saturated rings. The van der Waals surface area contributed by atoms with Crippen molar-refractivity contribution < 1.29 is 0 Å². The standard InChI is InChI=1S/C16H15BrN2/c1-3-19(15-6-4-5-12(2)9-15)16-10-14(17)8-7-13(16)11-18/h4-10H,3H2,1-2H3. The average Bonchev–Trinajstić information content (AvgIpc) is 2.40. The van der Waals surface area contributed by atoms with Gasteiger partial charge in [-0.25, -0.2) is 0 Å². The highest BCUT2D eigenvalue weighted by Gasteiger charge is 2.12. The van der Waals surface area contributed by atoms with Gasteiger partial charge in [-0.05, 0) is 49.7 Å². The molecule has 0 aliphatic carbocycles. The van der Waals surface area contributed by atoms with Crippen LogP contribution in [0.15, 0.2) is 46.9 Å². The van der Waals surface area contributed by atoms with E-state index in [2.05, 4.69) is 58.9 Å². The van der Waals surface area contributed by atoms with Crippen LogP contribution in [0.2, 0.25) is 0 Å². The molecule has 0 unspecified atom stereocenters. The minimum Gasteiger partial charge on any atom is -0.341 e. The zero-order valence-corrected chi connectivity index (χ0v) is 12.6. The van der Waals surface area contributed by atoms with Gasteiger partial charge in [0.2, 0.25) is 0 Å². The number of halogens is 1. The van der Waals surface area contributed by atoms with Crippen molar-refractivity contribution in [2.24, 2.45) is 0 Å². The maximum absolute atomic E-state index is 9.26. The lowest BCUT2D eigenvalue weighted by Crippen LogP contribution is -2.17. The average molecular weight is 315 g/mol. The number of benzene rings is 2. The molecule has 0 aromatic heterocycles. The molecule has 96 valence electrons. The van der Waals surface area contributed by atoms with Gasteiger partial charge in [0.1, 0.15) is 6.07 Å². The third kappa shape index (κ3) is 2.97. The summed E-state index contributed by atoms with van der Waals surface area (Å²) in [7, 11) is 0. The van der Waals surface area contributed by atoms with E-state index in [1.165, 1.54) is 5.56 Å². The molecule has 0 radical (unpaired) electrons. The van der Waals surface area contributed by atoms with Crippen molar-refractivity contribution in [2.75, 3.05) is 11.4 Å². The smallest absolute Gasteiger partial charge is 0.101 e. The van der Waals surface area contributed by atoms with Crippen LogP contribution in [0.25, 0.3) is 0 Å². The van der Waals surface area contributed by atoms with Crippen LogP contribution in [0.4, 0.5) is 11.4 Å². The Morgan fingerprint density at radius 3 is 2.63 bits per heavy atom. The first kappa shape index (κ1) is 13.6. The Balaban J connectivity index is 2.54. The Morgan fingerprint density at radius 2 is 2.00 bits per heavy atom. The fourth-order valence-corrected chi connectivity index (χ4v) is 2.46. The molecule has 0 aliphatic rings. The van der Waals surface area contributed by atoms with Crippen LogP contribution < -0.4 is 4.90 Å². The molecular formula is C16H15BrN2. The van der Waals surface area contributed by atoms with Crippen LogP contribution in [-0.2, 0) is 0 Å². The van der Waals surface area contributed by atoms with E-state index in [0.29, 0.717) is 5.56 Å². The molecule has 2 aromatic rings. The van der Waals surface area contributed by atoms with Crippen LogP contribution in [0, 0.1) is 18.3 Å². The quantitative estimate of drug-likeness (QED) is 0.814. The fourth-order valence-electron chi connectivity index (χ4n) is 2.11. The minimum absolute atomic E-state index is 0.687. The fraction of sp³-hybridized carbons (Fsp3) is 0.188. The Bertz CT molecular complexity index is 629. The van der Waals surface area contributed by atoms with E-state index in [-0.39, 0.29) is 0 Å². The predicted molar refractivity (Wildman–Crippen MR) is 82.7 cm³/mol. The highest BCUT2D eigenvalue weighted by molar-refractivity contribution is 9.10. The van der Waals surface area contributed by atoms with Gasteiger partial charge in [-0.3, -0.25) is 0 Å². The van der Waals surface area contributed by atoms with Gasteiger partial charge >= 0.3 is 0 Å². The summed E-state index contributed by atoms with van der Waals surface area (Å²) in [5, 5.41) is 9.26. The molecule has 0 atom stereocenters. The number of nitrogens with zero attached hydrogens (tertiary/aromatic N) is 2. The Hall–Kier alpha value is -1.79. The zero-order chi connectivity index (χ0) is 13.8. The summed E-state index contributed by atoms with van der Waals surface area (Å²) in [6.45, 7) is 4.97. The number of nitriles is 1.